The maximum absolute atomic E-state index is 11.7. The van der Waals surface area contributed by atoms with E-state index < -0.39 is 5.97 Å². The van der Waals surface area contributed by atoms with Gasteiger partial charge >= 0.3 is 5.97 Å². The zero-order valence-electron chi connectivity index (χ0n) is 25.2. The number of hydrogen-bond acceptors (Lipinski definition) is 6. The van der Waals surface area contributed by atoms with Gasteiger partial charge in [-0.05, 0) is 95.1 Å². The van der Waals surface area contributed by atoms with Crippen LogP contribution in [0.1, 0.15) is 60.3 Å². The molecule has 6 nitrogen and oxygen atoms in total. The SMILES string of the molecule is CC(C)(c1ccc(N)cc1)c1cccc(C(C)(C)c2ccc(N)cc2)c1.Nc1ccc(OC(=O)c2ccc(N)cc2)cc1. The summed E-state index contributed by atoms with van der Waals surface area (Å²) in [6, 6.07) is 38.4. The highest BCUT2D eigenvalue weighted by molar-refractivity contribution is 5.91. The van der Waals surface area contributed by atoms with Crippen LogP contribution in [-0.2, 0) is 10.8 Å². The fraction of sp³-hybridized carbons (Fsp3) is 0.162. The Kier molecular flexibility index (Phi) is 9.10. The van der Waals surface area contributed by atoms with Crippen molar-refractivity contribution in [3.05, 3.63) is 149 Å². The van der Waals surface area contributed by atoms with Crippen LogP contribution in [0.4, 0.5) is 22.7 Å². The first-order valence-electron chi connectivity index (χ1n) is 14.1. The van der Waals surface area contributed by atoms with Crippen LogP contribution in [0.2, 0.25) is 0 Å². The van der Waals surface area contributed by atoms with Crippen LogP contribution in [0.3, 0.4) is 0 Å². The molecule has 0 bridgehead atoms. The van der Waals surface area contributed by atoms with Crippen LogP contribution in [0.25, 0.3) is 0 Å². The Balaban J connectivity index is 0.000000215. The Morgan fingerprint density at radius 1 is 0.488 bits per heavy atom. The number of esters is 1. The molecule has 0 aliphatic heterocycles. The second-order valence-corrected chi connectivity index (χ2v) is 11.7. The zero-order chi connectivity index (χ0) is 31.2. The number of carbonyl (C=O) groups is 1. The van der Waals surface area contributed by atoms with E-state index in [0.717, 1.165) is 11.4 Å². The third-order valence-electron chi connectivity index (χ3n) is 7.81. The van der Waals surface area contributed by atoms with Crippen LogP contribution in [0, 0.1) is 0 Å². The molecule has 0 unspecified atom stereocenters. The zero-order valence-corrected chi connectivity index (χ0v) is 25.2. The summed E-state index contributed by atoms with van der Waals surface area (Å²) in [6.45, 7) is 9.03. The lowest BCUT2D eigenvalue weighted by atomic mass is 9.73. The van der Waals surface area contributed by atoms with Gasteiger partial charge in [-0.15, -0.1) is 0 Å². The Labute approximate surface area is 254 Å². The van der Waals surface area contributed by atoms with Gasteiger partial charge in [0.15, 0.2) is 0 Å². The lowest BCUT2D eigenvalue weighted by Crippen LogP contribution is -2.23. The van der Waals surface area contributed by atoms with Gasteiger partial charge in [-0.1, -0.05) is 76.2 Å². The van der Waals surface area contributed by atoms with E-state index in [1.165, 1.54) is 22.3 Å². The average molecular weight is 573 g/mol. The molecular formula is C37H40N4O2. The standard InChI is InChI=1S/C24H28N2.C13H12N2O2/c1-23(2,17-8-12-21(25)13-9-17)19-6-5-7-20(16-19)24(3,4)18-10-14-22(26)15-11-18;14-10-3-1-9(2-4-10)13(16)17-12-7-5-11(15)6-8-12/h5-16H,25-26H2,1-4H3;1-8H,14-15H2. The summed E-state index contributed by atoms with van der Waals surface area (Å²) < 4.78 is 5.16. The van der Waals surface area contributed by atoms with Crippen molar-refractivity contribution >= 4 is 28.7 Å². The average Bonchev–Trinajstić information content (AvgIpc) is 2.99. The molecule has 0 fully saturated rings. The Morgan fingerprint density at radius 2 is 0.837 bits per heavy atom. The highest BCUT2D eigenvalue weighted by Gasteiger charge is 2.27. The molecule has 0 aliphatic carbocycles. The number of hydrogen-bond donors (Lipinski definition) is 4. The molecule has 5 aromatic rings. The summed E-state index contributed by atoms with van der Waals surface area (Å²) >= 11 is 0. The molecule has 0 amide bonds. The fourth-order valence-corrected chi connectivity index (χ4v) is 4.75. The molecule has 0 saturated heterocycles. The van der Waals surface area contributed by atoms with E-state index in [0.29, 0.717) is 22.7 Å². The van der Waals surface area contributed by atoms with Gasteiger partial charge < -0.3 is 27.7 Å². The molecule has 0 saturated carbocycles. The van der Waals surface area contributed by atoms with E-state index in [2.05, 4.69) is 76.2 Å². The molecule has 0 spiro atoms. The molecule has 5 aromatic carbocycles. The number of nitrogens with two attached hydrogens (primary N) is 4. The lowest BCUT2D eigenvalue weighted by Gasteiger charge is -2.31. The van der Waals surface area contributed by atoms with E-state index in [1.54, 1.807) is 48.5 Å². The first-order chi connectivity index (χ1) is 20.4. The topological polar surface area (TPSA) is 130 Å². The summed E-state index contributed by atoms with van der Waals surface area (Å²) in [5.74, 6) is 0.0378. The van der Waals surface area contributed by atoms with Crippen molar-refractivity contribution in [2.45, 2.75) is 38.5 Å². The maximum Gasteiger partial charge on any atom is 0.343 e. The van der Waals surface area contributed by atoms with E-state index in [9.17, 15) is 4.79 Å². The van der Waals surface area contributed by atoms with Crippen LogP contribution in [0.15, 0.2) is 121 Å². The van der Waals surface area contributed by atoms with Crippen molar-refractivity contribution in [1.29, 1.82) is 0 Å². The molecule has 5 rings (SSSR count). The molecule has 0 aliphatic rings. The number of carbonyl (C=O) groups excluding carboxylic acids is 1. The molecule has 8 N–H and O–H groups in total. The van der Waals surface area contributed by atoms with E-state index in [4.69, 9.17) is 27.7 Å². The number of rotatable bonds is 6. The van der Waals surface area contributed by atoms with Crippen LogP contribution >= 0.6 is 0 Å². The van der Waals surface area contributed by atoms with Crippen molar-refractivity contribution in [2.75, 3.05) is 22.9 Å². The van der Waals surface area contributed by atoms with Gasteiger partial charge in [0.05, 0.1) is 5.56 Å². The normalized spacial score (nSPS) is 11.3. The summed E-state index contributed by atoms with van der Waals surface area (Å²) in [5.41, 5.74) is 31.0. The van der Waals surface area contributed by atoms with Gasteiger partial charge in [0.2, 0.25) is 0 Å². The Morgan fingerprint density at radius 3 is 1.23 bits per heavy atom. The first kappa shape index (κ1) is 30.7. The smallest absolute Gasteiger partial charge is 0.343 e. The minimum Gasteiger partial charge on any atom is -0.423 e. The Hall–Kier alpha value is -5.23. The maximum atomic E-state index is 11.7. The summed E-state index contributed by atoms with van der Waals surface area (Å²) in [5, 5.41) is 0. The van der Waals surface area contributed by atoms with E-state index >= 15 is 0 Å². The number of ether oxygens (including phenoxy) is 1. The van der Waals surface area contributed by atoms with Gasteiger partial charge in [0, 0.05) is 33.6 Å². The monoisotopic (exact) mass is 572 g/mol. The minimum atomic E-state index is -0.422. The molecule has 43 heavy (non-hydrogen) atoms. The fourth-order valence-electron chi connectivity index (χ4n) is 4.75. The predicted molar refractivity (Wildman–Crippen MR) is 179 cm³/mol. The molecular weight excluding hydrogens is 532 g/mol. The molecule has 0 radical (unpaired) electrons. The second kappa shape index (κ2) is 12.7. The van der Waals surface area contributed by atoms with Crippen molar-refractivity contribution < 1.29 is 9.53 Å². The van der Waals surface area contributed by atoms with Gasteiger partial charge in [-0.2, -0.15) is 0 Å². The molecule has 0 atom stereocenters. The Bertz CT molecular complexity index is 1580. The van der Waals surface area contributed by atoms with Crippen LogP contribution in [0.5, 0.6) is 5.75 Å². The van der Waals surface area contributed by atoms with Gasteiger partial charge in [0.1, 0.15) is 5.75 Å². The van der Waals surface area contributed by atoms with E-state index in [-0.39, 0.29) is 10.8 Å². The summed E-state index contributed by atoms with van der Waals surface area (Å²) in [6.07, 6.45) is 0. The largest absolute Gasteiger partial charge is 0.423 e. The highest BCUT2D eigenvalue weighted by atomic mass is 16.5. The van der Waals surface area contributed by atoms with E-state index in [1.807, 2.05) is 24.3 Å². The predicted octanol–water partition coefficient (Wildman–Crippen LogP) is 7.57. The van der Waals surface area contributed by atoms with Gasteiger partial charge in [-0.3, -0.25) is 0 Å². The highest BCUT2D eigenvalue weighted by Crippen LogP contribution is 2.37. The molecule has 0 heterocycles. The van der Waals surface area contributed by atoms with Crippen molar-refractivity contribution in [3.63, 3.8) is 0 Å². The lowest BCUT2D eigenvalue weighted by molar-refractivity contribution is 0.0735. The molecule has 0 aromatic heterocycles. The van der Waals surface area contributed by atoms with Crippen LogP contribution in [-0.4, -0.2) is 5.97 Å². The number of nitrogen functional groups attached to an aromatic ring is 4. The van der Waals surface area contributed by atoms with Crippen LogP contribution < -0.4 is 27.7 Å². The third-order valence-corrected chi connectivity index (χ3v) is 7.81. The number of anilines is 4. The van der Waals surface area contributed by atoms with Gasteiger partial charge in [0.25, 0.3) is 0 Å². The summed E-state index contributed by atoms with van der Waals surface area (Å²) in [4.78, 5) is 11.7. The van der Waals surface area contributed by atoms with Crippen molar-refractivity contribution in [2.24, 2.45) is 0 Å². The van der Waals surface area contributed by atoms with Gasteiger partial charge in [-0.25, -0.2) is 4.79 Å². The second-order valence-electron chi connectivity index (χ2n) is 11.7. The molecule has 6 heteroatoms. The first-order valence-corrected chi connectivity index (χ1v) is 14.1. The number of benzene rings is 5. The van der Waals surface area contributed by atoms with Crippen molar-refractivity contribution in [1.82, 2.24) is 0 Å². The molecule has 220 valence electrons. The quantitative estimate of drug-likeness (QED) is 0.0943. The third kappa shape index (κ3) is 7.54. The summed E-state index contributed by atoms with van der Waals surface area (Å²) in [7, 11) is 0. The van der Waals surface area contributed by atoms with Crippen molar-refractivity contribution in [3.8, 4) is 5.75 Å². The minimum absolute atomic E-state index is 0.0963.